The Morgan fingerprint density at radius 3 is 2.69 bits per heavy atom. The summed E-state index contributed by atoms with van der Waals surface area (Å²) >= 11 is 1.67. The fraction of sp³-hybridized carbons (Fsp3) is 0.138. The van der Waals surface area contributed by atoms with E-state index >= 15 is 0 Å². The van der Waals surface area contributed by atoms with Crippen LogP contribution in [0.4, 0.5) is 5.69 Å². The van der Waals surface area contributed by atoms with Crippen LogP contribution in [0.2, 0.25) is 0 Å². The number of hydrogen-bond donors (Lipinski definition) is 3. The molecule has 0 bridgehead atoms. The van der Waals surface area contributed by atoms with Gasteiger partial charge in [0.1, 0.15) is 5.69 Å². The topological polar surface area (TPSA) is 82.3 Å². The van der Waals surface area contributed by atoms with Crippen molar-refractivity contribution in [3.05, 3.63) is 84.1 Å². The summed E-state index contributed by atoms with van der Waals surface area (Å²) in [5, 5.41) is 17.6. The molecule has 0 fully saturated rings. The molecule has 3 N–H and O–H groups in total. The number of nitrogens with zero attached hydrogens (tertiary/aromatic N) is 3. The van der Waals surface area contributed by atoms with Crippen molar-refractivity contribution in [3.63, 3.8) is 0 Å². The van der Waals surface area contributed by atoms with Gasteiger partial charge in [-0.1, -0.05) is 26.5 Å². The van der Waals surface area contributed by atoms with Gasteiger partial charge in [0.2, 0.25) is 0 Å². The van der Waals surface area contributed by atoms with Crippen molar-refractivity contribution in [1.29, 1.82) is 0 Å². The third kappa shape index (κ3) is 4.18. The van der Waals surface area contributed by atoms with Gasteiger partial charge in [-0.15, -0.1) is 0 Å². The van der Waals surface area contributed by atoms with Gasteiger partial charge in [0.05, 0.1) is 28.8 Å². The molecule has 6 aromatic rings. The molecule has 0 aliphatic heterocycles. The van der Waals surface area contributed by atoms with E-state index in [4.69, 9.17) is 0 Å². The number of thiophene rings is 1. The van der Waals surface area contributed by atoms with Crippen molar-refractivity contribution in [1.82, 2.24) is 25.1 Å². The number of fused-ring (bicyclic) bond motifs is 2. The molecule has 6 nitrogen and oxygen atoms in total. The van der Waals surface area contributed by atoms with Gasteiger partial charge < -0.3 is 10.3 Å². The molecule has 0 saturated heterocycles. The summed E-state index contributed by atoms with van der Waals surface area (Å²) < 4.78 is 0. The van der Waals surface area contributed by atoms with E-state index in [9.17, 15) is 0 Å². The SMILES string of the molecule is C=C(CC(C)C)Nc1cncc(-c2ccc3[nH]nc(-c4cc5c(-c6ccsc6)nccc5[nH]4)c3c2)c1. The molecule has 0 radical (unpaired) electrons. The standard InChI is InChI=1S/C29H26N6S/c1-17(2)10-18(3)32-22-11-21(14-30-15-22)19-4-5-26-23(12-19)29(35-34-26)27-13-24-25(33-27)6-8-31-28(24)20-7-9-36-16-20/h4-9,11-17,32-33H,3,10H2,1-2H3,(H,34,35). The van der Waals surface area contributed by atoms with E-state index in [1.165, 1.54) is 0 Å². The summed E-state index contributed by atoms with van der Waals surface area (Å²) in [6.45, 7) is 8.53. The average Bonchev–Trinajstić information content (AvgIpc) is 3.62. The molecule has 7 heteroatoms. The Balaban J connectivity index is 1.38. The van der Waals surface area contributed by atoms with Crippen molar-refractivity contribution >= 4 is 38.8 Å². The van der Waals surface area contributed by atoms with Crippen molar-refractivity contribution in [2.45, 2.75) is 20.3 Å². The quantitative estimate of drug-likeness (QED) is 0.213. The zero-order chi connectivity index (χ0) is 24.6. The van der Waals surface area contributed by atoms with Crippen LogP contribution in [0.3, 0.4) is 0 Å². The Bertz CT molecular complexity index is 1690. The molecule has 0 unspecified atom stereocenters. The van der Waals surface area contributed by atoms with Crippen LogP contribution in [0.5, 0.6) is 0 Å². The maximum atomic E-state index is 4.66. The van der Waals surface area contributed by atoms with Gasteiger partial charge in [0.15, 0.2) is 0 Å². The van der Waals surface area contributed by atoms with Gasteiger partial charge in [-0.3, -0.25) is 15.1 Å². The molecule has 5 aromatic heterocycles. The molecule has 178 valence electrons. The molecule has 0 atom stereocenters. The summed E-state index contributed by atoms with van der Waals surface area (Å²) in [4.78, 5) is 12.7. The molecule has 5 heterocycles. The second kappa shape index (κ2) is 9.09. The third-order valence-electron chi connectivity index (χ3n) is 6.21. The number of pyridine rings is 2. The van der Waals surface area contributed by atoms with Crippen LogP contribution in [0.25, 0.3) is 55.6 Å². The van der Waals surface area contributed by atoms with Crippen molar-refractivity contribution in [2.75, 3.05) is 5.32 Å². The second-order valence-electron chi connectivity index (χ2n) is 9.44. The lowest BCUT2D eigenvalue weighted by Crippen LogP contribution is -2.02. The summed E-state index contributed by atoms with van der Waals surface area (Å²) in [6.07, 6.45) is 6.49. The second-order valence-corrected chi connectivity index (χ2v) is 10.2. The van der Waals surface area contributed by atoms with E-state index in [-0.39, 0.29) is 0 Å². The zero-order valence-electron chi connectivity index (χ0n) is 20.2. The molecule has 0 saturated carbocycles. The van der Waals surface area contributed by atoms with Gasteiger partial charge >= 0.3 is 0 Å². The molecule has 0 aliphatic carbocycles. The monoisotopic (exact) mass is 490 g/mol. The van der Waals surface area contributed by atoms with E-state index in [0.717, 1.165) is 73.4 Å². The summed E-state index contributed by atoms with van der Waals surface area (Å²) in [6, 6.07) is 14.7. The molecular formula is C29H26N6S. The Kier molecular flexibility index (Phi) is 5.62. The van der Waals surface area contributed by atoms with E-state index in [1.807, 2.05) is 24.7 Å². The maximum Gasteiger partial charge on any atom is 0.116 e. The van der Waals surface area contributed by atoms with Crippen LogP contribution in [-0.4, -0.2) is 25.1 Å². The van der Waals surface area contributed by atoms with Gasteiger partial charge in [-0.25, -0.2) is 0 Å². The van der Waals surface area contributed by atoms with Crippen LogP contribution in [0, 0.1) is 5.92 Å². The van der Waals surface area contributed by atoms with Crippen molar-refractivity contribution in [2.24, 2.45) is 5.92 Å². The number of hydrogen-bond acceptors (Lipinski definition) is 5. The highest BCUT2D eigenvalue weighted by atomic mass is 32.1. The lowest BCUT2D eigenvalue weighted by atomic mass is 10.0. The predicted octanol–water partition coefficient (Wildman–Crippen LogP) is 7.87. The highest BCUT2D eigenvalue weighted by Gasteiger charge is 2.15. The summed E-state index contributed by atoms with van der Waals surface area (Å²) in [5.74, 6) is 0.546. The Hall–Kier alpha value is -4.23. The first-order valence-electron chi connectivity index (χ1n) is 11.9. The van der Waals surface area contributed by atoms with E-state index in [1.54, 1.807) is 11.3 Å². The first-order valence-corrected chi connectivity index (χ1v) is 12.9. The van der Waals surface area contributed by atoms with Gasteiger partial charge in [-0.2, -0.15) is 16.4 Å². The molecule has 1 aromatic carbocycles. The highest BCUT2D eigenvalue weighted by Crippen LogP contribution is 2.35. The van der Waals surface area contributed by atoms with Gasteiger partial charge in [-0.05, 0) is 59.7 Å². The van der Waals surface area contributed by atoms with Crippen LogP contribution < -0.4 is 5.32 Å². The lowest BCUT2D eigenvalue weighted by molar-refractivity contribution is 0.645. The predicted molar refractivity (Wildman–Crippen MR) is 150 cm³/mol. The minimum Gasteiger partial charge on any atom is -0.358 e. The average molecular weight is 491 g/mol. The fourth-order valence-electron chi connectivity index (χ4n) is 4.62. The fourth-order valence-corrected chi connectivity index (χ4v) is 5.26. The molecular weight excluding hydrogens is 464 g/mol. The molecule has 36 heavy (non-hydrogen) atoms. The van der Waals surface area contributed by atoms with Crippen LogP contribution in [-0.2, 0) is 0 Å². The van der Waals surface area contributed by atoms with Crippen LogP contribution >= 0.6 is 11.3 Å². The Morgan fingerprint density at radius 2 is 1.86 bits per heavy atom. The number of H-pyrrole nitrogens is 2. The molecule has 0 spiro atoms. The molecule has 0 amide bonds. The number of aromatic nitrogens is 5. The lowest BCUT2D eigenvalue weighted by Gasteiger charge is -2.12. The van der Waals surface area contributed by atoms with Crippen molar-refractivity contribution in [3.8, 4) is 33.8 Å². The van der Waals surface area contributed by atoms with Gasteiger partial charge in [0, 0.05) is 50.9 Å². The molecule has 6 rings (SSSR count). The number of rotatable bonds is 7. The first-order chi connectivity index (χ1) is 17.5. The minimum atomic E-state index is 0.546. The smallest absolute Gasteiger partial charge is 0.116 e. The minimum absolute atomic E-state index is 0.546. The summed E-state index contributed by atoms with van der Waals surface area (Å²) in [5.41, 5.74) is 10.0. The van der Waals surface area contributed by atoms with Crippen molar-refractivity contribution < 1.29 is 0 Å². The Labute approximate surface area is 213 Å². The highest BCUT2D eigenvalue weighted by molar-refractivity contribution is 7.08. The van der Waals surface area contributed by atoms with E-state index in [0.29, 0.717) is 5.92 Å². The maximum absolute atomic E-state index is 4.66. The summed E-state index contributed by atoms with van der Waals surface area (Å²) in [7, 11) is 0. The number of nitrogens with one attached hydrogen (secondary N) is 3. The van der Waals surface area contributed by atoms with E-state index < -0.39 is 0 Å². The number of allylic oxidation sites excluding steroid dienone is 1. The largest absolute Gasteiger partial charge is 0.358 e. The Morgan fingerprint density at radius 1 is 0.972 bits per heavy atom. The number of anilines is 1. The normalized spacial score (nSPS) is 11.5. The first kappa shape index (κ1) is 22.2. The number of aromatic amines is 2. The van der Waals surface area contributed by atoms with E-state index in [2.05, 4.69) is 98.1 Å². The number of benzene rings is 1. The third-order valence-corrected chi connectivity index (χ3v) is 6.89. The molecule has 0 aliphatic rings. The van der Waals surface area contributed by atoms with Crippen LogP contribution in [0.15, 0.2) is 84.1 Å². The zero-order valence-corrected chi connectivity index (χ0v) is 21.0. The van der Waals surface area contributed by atoms with Crippen LogP contribution in [0.1, 0.15) is 20.3 Å². The van der Waals surface area contributed by atoms with Gasteiger partial charge in [0.25, 0.3) is 0 Å².